The first-order chi connectivity index (χ1) is 14.0. The van der Waals surface area contributed by atoms with Gasteiger partial charge in [-0.1, -0.05) is 35.9 Å². The molecule has 0 bridgehead atoms. The van der Waals surface area contributed by atoms with Crippen molar-refractivity contribution in [1.82, 2.24) is 9.88 Å². The molecule has 1 aromatic heterocycles. The molecule has 0 unspecified atom stereocenters. The molecule has 3 rings (SSSR count). The van der Waals surface area contributed by atoms with Gasteiger partial charge < -0.3 is 0 Å². The molecule has 2 aromatic rings. The van der Waals surface area contributed by atoms with Crippen LogP contribution in [0.1, 0.15) is 5.56 Å². The average Bonchev–Trinajstić information content (AvgIpc) is 2.99. The van der Waals surface area contributed by atoms with Gasteiger partial charge in [-0.15, -0.1) is 6.58 Å². The lowest BCUT2D eigenvalue weighted by atomic mass is 10.1. The quantitative estimate of drug-likeness (QED) is 0.281. The summed E-state index contributed by atoms with van der Waals surface area (Å²) in [5.74, 6) is -0.231. The second-order valence-corrected chi connectivity index (χ2v) is 7.15. The summed E-state index contributed by atoms with van der Waals surface area (Å²) in [4.78, 5) is 33.7. The van der Waals surface area contributed by atoms with Crippen LogP contribution in [0.3, 0.4) is 0 Å². The molecule has 0 spiro atoms. The molecule has 0 aliphatic carbocycles. The zero-order valence-corrected chi connectivity index (χ0v) is 16.6. The van der Waals surface area contributed by atoms with Crippen molar-refractivity contribution in [2.45, 2.75) is 0 Å². The first kappa shape index (κ1) is 20.5. The molecule has 1 fully saturated rings. The van der Waals surface area contributed by atoms with Gasteiger partial charge in [0.15, 0.2) is 5.17 Å². The SMILES string of the molecule is C=CCN1C(=O)/C(=C/C=C/c2ccccc2[N+](=O)[O-])SC1=Nc1ccncc1Cl. The predicted octanol–water partition coefficient (Wildman–Crippen LogP) is 4.99. The number of nitro groups is 1. The van der Waals surface area contributed by atoms with Crippen molar-refractivity contribution in [1.29, 1.82) is 0 Å². The molecule has 1 aliphatic rings. The second kappa shape index (κ2) is 9.31. The zero-order valence-electron chi connectivity index (χ0n) is 15.1. The van der Waals surface area contributed by atoms with E-state index in [0.29, 0.717) is 32.9 Å². The molecule has 2 heterocycles. The first-order valence-electron chi connectivity index (χ1n) is 8.42. The van der Waals surface area contributed by atoms with Crippen LogP contribution >= 0.6 is 23.4 Å². The predicted molar refractivity (Wildman–Crippen MR) is 116 cm³/mol. The van der Waals surface area contributed by atoms with Gasteiger partial charge in [-0.2, -0.15) is 0 Å². The van der Waals surface area contributed by atoms with Gasteiger partial charge >= 0.3 is 0 Å². The topological polar surface area (TPSA) is 88.7 Å². The van der Waals surface area contributed by atoms with Gasteiger partial charge in [0, 0.05) is 25.0 Å². The van der Waals surface area contributed by atoms with Gasteiger partial charge in [-0.05, 0) is 36.0 Å². The fourth-order valence-corrected chi connectivity index (χ4v) is 3.61. The van der Waals surface area contributed by atoms with E-state index in [4.69, 9.17) is 11.6 Å². The van der Waals surface area contributed by atoms with Gasteiger partial charge in [-0.3, -0.25) is 24.8 Å². The summed E-state index contributed by atoms with van der Waals surface area (Å²) in [5.41, 5.74) is 0.948. The Kier molecular flexibility index (Phi) is 6.58. The number of amidine groups is 1. The number of para-hydroxylation sites is 1. The third-order valence-corrected chi connectivity index (χ3v) is 5.14. The largest absolute Gasteiger partial charge is 0.283 e. The summed E-state index contributed by atoms with van der Waals surface area (Å²) in [7, 11) is 0. The minimum absolute atomic E-state index is 0.00424. The molecule has 1 aromatic carbocycles. The van der Waals surface area contributed by atoms with Crippen LogP contribution in [-0.4, -0.2) is 32.4 Å². The normalized spacial score (nSPS) is 16.9. The standard InChI is InChI=1S/C20H15ClN4O3S/c1-2-12-24-19(26)18(29-20(24)23-16-10-11-22-13-15(16)21)9-5-7-14-6-3-4-8-17(14)25(27)28/h2-11,13H,1,12H2/b7-5+,18-9-,23-20?. The van der Waals surface area contributed by atoms with E-state index in [9.17, 15) is 14.9 Å². The molecule has 9 heteroatoms. The number of hydrogen-bond donors (Lipinski definition) is 0. The van der Waals surface area contributed by atoms with Gasteiger partial charge in [0.25, 0.3) is 11.6 Å². The van der Waals surface area contributed by atoms with Crippen molar-refractivity contribution in [3.05, 3.63) is 93.1 Å². The van der Waals surface area contributed by atoms with E-state index in [1.165, 1.54) is 28.9 Å². The van der Waals surface area contributed by atoms with Crippen LogP contribution < -0.4 is 0 Å². The number of allylic oxidation sites excluding steroid dienone is 2. The number of carbonyl (C=O) groups excluding carboxylic acids is 1. The molecule has 146 valence electrons. The van der Waals surface area contributed by atoms with Crippen molar-refractivity contribution < 1.29 is 9.72 Å². The lowest BCUT2D eigenvalue weighted by Gasteiger charge is -2.12. The maximum absolute atomic E-state index is 12.7. The monoisotopic (exact) mass is 426 g/mol. The van der Waals surface area contributed by atoms with Crippen LogP contribution in [0.5, 0.6) is 0 Å². The number of rotatable bonds is 6. The van der Waals surface area contributed by atoms with Crippen LogP contribution in [0.4, 0.5) is 11.4 Å². The summed E-state index contributed by atoms with van der Waals surface area (Å²) in [5, 5.41) is 11.9. The lowest BCUT2D eigenvalue weighted by molar-refractivity contribution is -0.385. The number of nitrogens with zero attached hydrogens (tertiary/aromatic N) is 4. The average molecular weight is 427 g/mol. The Morgan fingerprint density at radius 3 is 2.86 bits per heavy atom. The van der Waals surface area contributed by atoms with Gasteiger partial charge in [0.05, 0.1) is 26.1 Å². The van der Waals surface area contributed by atoms with E-state index in [1.807, 2.05) is 0 Å². The molecule has 29 heavy (non-hydrogen) atoms. The van der Waals surface area contributed by atoms with Crippen molar-refractivity contribution in [2.75, 3.05) is 6.54 Å². The third-order valence-electron chi connectivity index (χ3n) is 3.82. The number of hydrogen-bond acceptors (Lipinski definition) is 6. The van der Waals surface area contributed by atoms with Gasteiger partial charge in [-0.25, -0.2) is 4.99 Å². The maximum Gasteiger partial charge on any atom is 0.276 e. The highest BCUT2D eigenvalue weighted by Crippen LogP contribution is 2.34. The van der Waals surface area contributed by atoms with E-state index in [1.54, 1.807) is 54.8 Å². The van der Waals surface area contributed by atoms with Crippen molar-refractivity contribution in [2.24, 2.45) is 4.99 Å². The number of carbonyl (C=O) groups is 1. The number of benzene rings is 1. The van der Waals surface area contributed by atoms with Crippen LogP contribution in [0.25, 0.3) is 6.08 Å². The summed E-state index contributed by atoms with van der Waals surface area (Å²) in [6.45, 7) is 3.97. The number of halogens is 1. The summed E-state index contributed by atoms with van der Waals surface area (Å²) < 4.78 is 0. The molecule has 0 atom stereocenters. The number of aliphatic imine (C=N–C) groups is 1. The first-order valence-corrected chi connectivity index (χ1v) is 9.61. The highest BCUT2D eigenvalue weighted by Gasteiger charge is 2.32. The molecule has 7 nitrogen and oxygen atoms in total. The Bertz CT molecular complexity index is 1070. The Morgan fingerprint density at radius 1 is 1.34 bits per heavy atom. The number of pyridine rings is 1. The summed E-state index contributed by atoms with van der Waals surface area (Å²) in [6.07, 6.45) is 9.46. The van der Waals surface area contributed by atoms with E-state index in [0.717, 1.165) is 0 Å². The zero-order chi connectivity index (χ0) is 20.8. The Balaban J connectivity index is 1.89. The lowest BCUT2D eigenvalue weighted by Crippen LogP contribution is -2.29. The Morgan fingerprint density at radius 2 is 2.14 bits per heavy atom. The minimum atomic E-state index is -0.447. The van der Waals surface area contributed by atoms with Gasteiger partial charge in [0.1, 0.15) is 0 Å². The molecular weight excluding hydrogens is 412 g/mol. The van der Waals surface area contributed by atoms with Crippen molar-refractivity contribution >= 4 is 51.9 Å². The maximum atomic E-state index is 12.7. The van der Waals surface area contributed by atoms with E-state index < -0.39 is 4.92 Å². The van der Waals surface area contributed by atoms with Crippen LogP contribution in [-0.2, 0) is 4.79 Å². The van der Waals surface area contributed by atoms with Crippen LogP contribution in [0.2, 0.25) is 5.02 Å². The Hall–Kier alpha value is -3.23. The molecule has 1 saturated heterocycles. The molecular formula is C20H15ClN4O3S. The second-order valence-electron chi connectivity index (χ2n) is 5.73. The fourth-order valence-electron chi connectivity index (χ4n) is 2.49. The number of aromatic nitrogens is 1. The fraction of sp³-hybridized carbons (Fsp3) is 0.0500. The van der Waals surface area contributed by atoms with Crippen molar-refractivity contribution in [3.8, 4) is 0 Å². The van der Waals surface area contributed by atoms with Crippen molar-refractivity contribution in [3.63, 3.8) is 0 Å². The van der Waals surface area contributed by atoms with Gasteiger partial charge in [0.2, 0.25) is 0 Å². The molecule has 0 N–H and O–H groups in total. The minimum Gasteiger partial charge on any atom is -0.283 e. The Labute approximate surface area is 176 Å². The number of thioether (sulfide) groups is 1. The summed E-state index contributed by atoms with van der Waals surface area (Å²) in [6, 6.07) is 8.04. The number of amides is 1. The molecule has 1 amide bonds. The molecule has 0 saturated carbocycles. The summed E-state index contributed by atoms with van der Waals surface area (Å²) >= 11 is 7.30. The highest BCUT2D eigenvalue weighted by atomic mass is 35.5. The molecule has 0 radical (unpaired) electrons. The third kappa shape index (κ3) is 4.79. The van der Waals surface area contributed by atoms with E-state index >= 15 is 0 Å². The van der Waals surface area contributed by atoms with Crippen LogP contribution in [0.15, 0.2) is 77.4 Å². The van der Waals surface area contributed by atoms with E-state index in [-0.39, 0.29) is 11.6 Å². The smallest absolute Gasteiger partial charge is 0.276 e. The van der Waals surface area contributed by atoms with Crippen LogP contribution in [0, 0.1) is 10.1 Å². The molecule has 1 aliphatic heterocycles. The highest BCUT2D eigenvalue weighted by molar-refractivity contribution is 8.18. The number of nitro benzene ring substituents is 1. The van der Waals surface area contributed by atoms with E-state index in [2.05, 4.69) is 16.6 Å².